The number of rotatable bonds is 5. The summed E-state index contributed by atoms with van der Waals surface area (Å²) in [5.41, 5.74) is 1.43. The Bertz CT molecular complexity index is 850. The molecule has 1 aliphatic heterocycles. The molecule has 0 spiro atoms. The minimum atomic E-state index is -0.779. The number of amides is 3. The molecule has 0 saturated carbocycles. The summed E-state index contributed by atoms with van der Waals surface area (Å²) < 4.78 is 5.19. The molecule has 1 atom stereocenters. The first kappa shape index (κ1) is 17.5. The second-order valence-corrected chi connectivity index (χ2v) is 5.85. The van der Waals surface area contributed by atoms with E-state index in [1.54, 1.807) is 48.5 Å². The van der Waals surface area contributed by atoms with Crippen LogP contribution in [0.15, 0.2) is 48.5 Å². The van der Waals surface area contributed by atoms with E-state index in [0.717, 1.165) is 0 Å². The van der Waals surface area contributed by atoms with Gasteiger partial charge in [0.1, 0.15) is 11.8 Å². The van der Waals surface area contributed by atoms with E-state index in [4.69, 9.17) is 4.74 Å². The number of methoxy groups -OCH3 is 1. The maximum absolute atomic E-state index is 12.3. The summed E-state index contributed by atoms with van der Waals surface area (Å²) >= 11 is 0. The Kier molecular flexibility index (Phi) is 5.17. The number of hydrogen-bond acceptors (Lipinski definition) is 4. The van der Waals surface area contributed by atoms with E-state index in [1.807, 2.05) is 0 Å². The Morgan fingerprint density at radius 2 is 1.85 bits per heavy atom. The highest BCUT2D eigenvalue weighted by molar-refractivity contribution is 6.10. The summed E-state index contributed by atoms with van der Waals surface area (Å²) in [6.45, 7) is 0. The van der Waals surface area contributed by atoms with Gasteiger partial charge in [-0.3, -0.25) is 14.4 Å². The molecule has 26 heavy (non-hydrogen) atoms. The largest absolute Gasteiger partial charge is 0.495 e. The molecular weight excluding hydrogens is 334 g/mol. The molecule has 0 bridgehead atoms. The summed E-state index contributed by atoms with van der Waals surface area (Å²) in [6.07, 6.45) is 0.263. The standard InChI is InChI=1S/C19H19N3O4/c1-26-16-9-5-4-8-14(16)20-17(23)11-10-15-19(25)21-13-7-3-2-6-12(13)18(24)22-15/h2-9,15H,10-11H2,1H3,(H,20,23)(H,21,25)(H,22,24)/t15-/m1/s1. The van der Waals surface area contributed by atoms with Crippen LogP contribution in [-0.2, 0) is 9.59 Å². The zero-order valence-electron chi connectivity index (χ0n) is 14.2. The van der Waals surface area contributed by atoms with Gasteiger partial charge >= 0.3 is 0 Å². The lowest BCUT2D eigenvalue weighted by Gasteiger charge is -2.15. The number of carbonyl (C=O) groups is 3. The van der Waals surface area contributed by atoms with E-state index in [1.165, 1.54) is 7.11 Å². The number of hydrogen-bond donors (Lipinski definition) is 3. The first-order valence-corrected chi connectivity index (χ1v) is 8.22. The first-order valence-electron chi connectivity index (χ1n) is 8.22. The van der Waals surface area contributed by atoms with Crippen molar-refractivity contribution in [2.45, 2.75) is 18.9 Å². The monoisotopic (exact) mass is 353 g/mol. The van der Waals surface area contributed by atoms with Crippen LogP contribution in [-0.4, -0.2) is 30.9 Å². The lowest BCUT2D eigenvalue weighted by atomic mass is 10.1. The molecule has 0 radical (unpaired) electrons. The number of carbonyl (C=O) groups excluding carboxylic acids is 3. The number of ether oxygens (including phenoxy) is 1. The van der Waals surface area contributed by atoms with Gasteiger partial charge in [0.2, 0.25) is 11.8 Å². The van der Waals surface area contributed by atoms with Crippen LogP contribution in [0.5, 0.6) is 5.75 Å². The van der Waals surface area contributed by atoms with Crippen LogP contribution in [0, 0.1) is 0 Å². The van der Waals surface area contributed by atoms with E-state index >= 15 is 0 Å². The minimum absolute atomic E-state index is 0.0762. The van der Waals surface area contributed by atoms with E-state index in [9.17, 15) is 14.4 Å². The molecule has 2 aromatic rings. The highest BCUT2D eigenvalue weighted by Crippen LogP contribution is 2.23. The maximum Gasteiger partial charge on any atom is 0.254 e. The molecule has 1 heterocycles. The molecule has 0 fully saturated rings. The molecule has 3 amide bonds. The molecule has 1 aliphatic rings. The molecule has 0 saturated heterocycles. The average molecular weight is 353 g/mol. The normalized spacial score (nSPS) is 16.0. The Balaban J connectivity index is 1.62. The van der Waals surface area contributed by atoms with Gasteiger partial charge in [0.25, 0.3) is 5.91 Å². The average Bonchev–Trinajstić information content (AvgIpc) is 2.77. The van der Waals surface area contributed by atoms with Crippen LogP contribution in [0.2, 0.25) is 0 Å². The molecule has 0 aromatic heterocycles. The molecule has 134 valence electrons. The van der Waals surface area contributed by atoms with Crippen molar-refractivity contribution in [2.75, 3.05) is 17.7 Å². The van der Waals surface area contributed by atoms with Gasteiger partial charge in [-0.15, -0.1) is 0 Å². The summed E-state index contributed by atoms with van der Waals surface area (Å²) in [7, 11) is 1.52. The zero-order valence-corrected chi connectivity index (χ0v) is 14.2. The maximum atomic E-state index is 12.3. The van der Waals surface area contributed by atoms with Gasteiger partial charge in [-0.25, -0.2) is 0 Å². The van der Waals surface area contributed by atoms with Crippen molar-refractivity contribution in [3.8, 4) is 5.75 Å². The predicted octanol–water partition coefficient (Wildman–Crippen LogP) is 2.16. The van der Waals surface area contributed by atoms with Crippen molar-refractivity contribution in [1.82, 2.24) is 5.32 Å². The van der Waals surface area contributed by atoms with Crippen LogP contribution in [0.3, 0.4) is 0 Å². The Labute approximate surface area is 150 Å². The highest BCUT2D eigenvalue weighted by Gasteiger charge is 2.27. The quantitative estimate of drug-likeness (QED) is 0.767. The van der Waals surface area contributed by atoms with Crippen LogP contribution in [0.1, 0.15) is 23.2 Å². The molecule has 3 rings (SSSR count). The van der Waals surface area contributed by atoms with E-state index in [2.05, 4.69) is 16.0 Å². The number of benzene rings is 2. The van der Waals surface area contributed by atoms with Gasteiger partial charge in [0, 0.05) is 6.42 Å². The third-order valence-corrected chi connectivity index (χ3v) is 4.09. The van der Waals surface area contributed by atoms with Crippen LogP contribution in [0.4, 0.5) is 11.4 Å². The van der Waals surface area contributed by atoms with Gasteiger partial charge in [-0.1, -0.05) is 24.3 Å². The fraction of sp³-hybridized carbons (Fsp3) is 0.211. The second-order valence-electron chi connectivity index (χ2n) is 5.85. The first-order chi connectivity index (χ1) is 12.6. The SMILES string of the molecule is COc1ccccc1NC(=O)CC[C@H]1NC(=O)c2ccccc2NC1=O. The Hall–Kier alpha value is -3.35. The third-order valence-electron chi connectivity index (χ3n) is 4.09. The van der Waals surface area contributed by atoms with Crippen molar-refractivity contribution in [3.05, 3.63) is 54.1 Å². The molecule has 2 aromatic carbocycles. The fourth-order valence-electron chi connectivity index (χ4n) is 2.75. The van der Waals surface area contributed by atoms with E-state index < -0.39 is 6.04 Å². The summed E-state index contributed by atoms with van der Waals surface area (Å²) in [4.78, 5) is 36.8. The van der Waals surface area contributed by atoms with Crippen LogP contribution >= 0.6 is 0 Å². The number of para-hydroxylation sites is 3. The van der Waals surface area contributed by atoms with Crippen molar-refractivity contribution < 1.29 is 19.1 Å². The smallest absolute Gasteiger partial charge is 0.254 e. The van der Waals surface area contributed by atoms with Gasteiger partial charge in [-0.05, 0) is 30.7 Å². The topological polar surface area (TPSA) is 96.5 Å². The fourth-order valence-corrected chi connectivity index (χ4v) is 2.75. The van der Waals surface area contributed by atoms with Crippen molar-refractivity contribution in [3.63, 3.8) is 0 Å². The van der Waals surface area contributed by atoms with Crippen molar-refractivity contribution in [1.29, 1.82) is 0 Å². The Morgan fingerprint density at radius 3 is 2.65 bits per heavy atom. The zero-order chi connectivity index (χ0) is 18.5. The lowest BCUT2D eigenvalue weighted by Crippen LogP contribution is -2.41. The molecule has 3 N–H and O–H groups in total. The highest BCUT2D eigenvalue weighted by atomic mass is 16.5. The van der Waals surface area contributed by atoms with Crippen LogP contribution in [0.25, 0.3) is 0 Å². The van der Waals surface area contributed by atoms with E-state index in [-0.39, 0.29) is 30.6 Å². The number of fused-ring (bicyclic) bond motifs is 1. The van der Waals surface area contributed by atoms with E-state index in [0.29, 0.717) is 22.7 Å². The Morgan fingerprint density at radius 1 is 1.12 bits per heavy atom. The lowest BCUT2D eigenvalue weighted by molar-refractivity contribution is -0.118. The van der Waals surface area contributed by atoms with Gasteiger partial charge in [0.15, 0.2) is 0 Å². The van der Waals surface area contributed by atoms with Gasteiger partial charge < -0.3 is 20.7 Å². The van der Waals surface area contributed by atoms with Crippen molar-refractivity contribution in [2.24, 2.45) is 0 Å². The predicted molar refractivity (Wildman–Crippen MR) is 97.2 cm³/mol. The molecule has 7 heteroatoms. The van der Waals surface area contributed by atoms with Gasteiger partial charge in [0.05, 0.1) is 24.0 Å². The molecular formula is C19H19N3O4. The summed E-state index contributed by atoms with van der Waals surface area (Å²) in [5, 5.41) is 8.14. The molecule has 0 unspecified atom stereocenters. The number of anilines is 2. The molecule has 7 nitrogen and oxygen atoms in total. The summed E-state index contributed by atoms with van der Waals surface area (Å²) in [6, 6.07) is 13.1. The summed E-state index contributed by atoms with van der Waals surface area (Å²) in [5.74, 6) is -0.391. The van der Waals surface area contributed by atoms with Gasteiger partial charge in [-0.2, -0.15) is 0 Å². The second kappa shape index (κ2) is 7.69. The molecule has 0 aliphatic carbocycles. The third kappa shape index (κ3) is 3.83. The minimum Gasteiger partial charge on any atom is -0.495 e. The van der Waals surface area contributed by atoms with Crippen molar-refractivity contribution >= 4 is 29.1 Å². The van der Waals surface area contributed by atoms with Crippen LogP contribution < -0.4 is 20.7 Å². The number of nitrogens with one attached hydrogen (secondary N) is 3.